The summed E-state index contributed by atoms with van der Waals surface area (Å²) in [6.45, 7) is 3.57. The quantitative estimate of drug-likeness (QED) is 0.880. The van der Waals surface area contributed by atoms with E-state index in [1.807, 2.05) is 0 Å². The first-order valence-electron chi connectivity index (χ1n) is 8.41. The van der Waals surface area contributed by atoms with Gasteiger partial charge in [-0.1, -0.05) is 23.7 Å². The summed E-state index contributed by atoms with van der Waals surface area (Å²) in [4.78, 5) is 16.4. The largest absolute Gasteiger partial charge is 0.495 e. The Morgan fingerprint density at radius 1 is 1.15 bits per heavy atom. The van der Waals surface area contributed by atoms with Crippen LogP contribution in [0.4, 0.5) is 14.9 Å². The first kappa shape index (κ1) is 18.5. The highest BCUT2D eigenvalue weighted by atomic mass is 35.5. The van der Waals surface area contributed by atoms with Crippen LogP contribution in [0.5, 0.6) is 5.75 Å². The second kappa shape index (κ2) is 8.38. The Kier molecular flexibility index (Phi) is 5.96. The molecule has 0 aliphatic carbocycles. The Hall–Kier alpha value is -2.31. The van der Waals surface area contributed by atoms with Gasteiger partial charge in [0.05, 0.1) is 12.1 Å². The van der Waals surface area contributed by atoms with Gasteiger partial charge in [0.25, 0.3) is 0 Å². The summed E-state index contributed by atoms with van der Waals surface area (Å²) in [6, 6.07) is 11.5. The van der Waals surface area contributed by atoms with Gasteiger partial charge in [-0.05, 0) is 35.9 Å². The third-order valence-electron chi connectivity index (χ3n) is 4.38. The summed E-state index contributed by atoms with van der Waals surface area (Å²) in [6.07, 6.45) is 0. The number of nitrogens with zero attached hydrogens (tertiary/aromatic N) is 2. The van der Waals surface area contributed by atoms with Crippen LogP contribution in [-0.2, 0) is 6.54 Å². The summed E-state index contributed by atoms with van der Waals surface area (Å²) in [5, 5.41) is 3.31. The van der Waals surface area contributed by atoms with Crippen LogP contribution in [-0.4, -0.2) is 49.1 Å². The molecule has 0 saturated carbocycles. The van der Waals surface area contributed by atoms with E-state index in [9.17, 15) is 9.18 Å². The summed E-state index contributed by atoms with van der Waals surface area (Å²) < 4.78 is 18.1. The molecule has 0 atom stereocenters. The number of carbonyl (C=O) groups excluding carboxylic acids is 1. The van der Waals surface area contributed by atoms with Crippen LogP contribution >= 0.6 is 11.6 Å². The maximum absolute atomic E-state index is 13.0. The number of halogens is 2. The Morgan fingerprint density at radius 3 is 2.46 bits per heavy atom. The third-order valence-corrected chi connectivity index (χ3v) is 4.68. The van der Waals surface area contributed by atoms with Crippen molar-refractivity contribution in [3.8, 4) is 5.75 Å². The number of ether oxygens (including phenoxy) is 1. The smallest absolute Gasteiger partial charge is 0.321 e. The first-order chi connectivity index (χ1) is 12.5. The fourth-order valence-corrected chi connectivity index (χ4v) is 3.16. The number of hydrogen-bond acceptors (Lipinski definition) is 3. The van der Waals surface area contributed by atoms with E-state index in [-0.39, 0.29) is 11.8 Å². The standard InChI is InChI=1S/C19H21ClFN3O2/c1-26-18-7-6-16(12-17(18)20)22-19(25)24-10-8-23(9-11-24)13-14-2-4-15(21)5-3-14/h2-7,12H,8-11,13H2,1H3,(H,22,25). The van der Waals surface area contributed by atoms with Crippen molar-refractivity contribution < 1.29 is 13.9 Å². The number of carbonyl (C=O) groups is 1. The molecule has 1 N–H and O–H groups in total. The van der Waals surface area contributed by atoms with Gasteiger partial charge in [-0.2, -0.15) is 0 Å². The molecule has 26 heavy (non-hydrogen) atoms. The highest BCUT2D eigenvalue weighted by Crippen LogP contribution is 2.27. The van der Waals surface area contributed by atoms with Crippen molar-refractivity contribution in [3.63, 3.8) is 0 Å². The highest BCUT2D eigenvalue weighted by molar-refractivity contribution is 6.32. The van der Waals surface area contributed by atoms with Gasteiger partial charge in [-0.3, -0.25) is 4.90 Å². The molecule has 0 aromatic heterocycles. The Bertz CT molecular complexity index is 762. The zero-order chi connectivity index (χ0) is 18.5. The normalized spacial score (nSPS) is 15.0. The average molecular weight is 378 g/mol. The number of urea groups is 1. The molecular formula is C19H21ClFN3O2. The Balaban J connectivity index is 1.50. The fraction of sp³-hybridized carbons (Fsp3) is 0.316. The van der Waals surface area contributed by atoms with E-state index in [4.69, 9.17) is 16.3 Å². The van der Waals surface area contributed by atoms with Crippen molar-refractivity contribution in [1.82, 2.24) is 9.80 Å². The van der Waals surface area contributed by atoms with Crippen molar-refractivity contribution in [2.24, 2.45) is 0 Å². The lowest BCUT2D eigenvalue weighted by Crippen LogP contribution is -2.49. The molecule has 1 heterocycles. The minimum Gasteiger partial charge on any atom is -0.495 e. The van der Waals surface area contributed by atoms with Crippen LogP contribution in [0.15, 0.2) is 42.5 Å². The molecule has 2 aromatic rings. The van der Waals surface area contributed by atoms with Crippen LogP contribution in [0.2, 0.25) is 5.02 Å². The summed E-state index contributed by atoms with van der Waals surface area (Å²) in [7, 11) is 1.55. The summed E-state index contributed by atoms with van der Waals surface area (Å²) in [5.74, 6) is 0.341. The lowest BCUT2D eigenvalue weighted by atomic mass is 10.2. The molecular weight excluding hydrogens is 357 g/mol. The number of amides is 2. The molecule has 1 aliphatic rings. The monoisotopic (exact) mass is 377 g/mol. The molecule has 5 nitrogen and oxygen atoms in total. The Morgan fingerprint density at radius 2 is 1.85 bits per heavy atom. The topological polar surface area (TPSA) is 44.8 Å². The SMILES string of the molecule is COc1ccc(NC(=O)N2CCN(Cc3ccc(F)cc3)CC2)cc1Cl. The molecule has 0 bridgehead atoms. The van der Waals surface area contributed by atoms with Gasteiger partial charge >= 0.3 is 6.03 Å². The van der Waals surface area contributed by atoms with E-state index in [0.717, 1.165) is 25.2 Å². The van der Waals surface area contributed by atoms with Gasteiger partial charge in [0.2, 0.25) is 0 Å². The first-order valence-corrected chi connectivity index (χ1v) is 8.79. The second-order valence-electron chi connectivity index (χ2n) is 6.17. The van der Waals surface area contributed by atoms with Gasteiger partial charge in [0.1, 0.15) is 11.6 Å². The number of hydrogen-bond donors (Lipinski definition) is 1. The van der Waals surface area contributed by atoms with Crippen LogP contribution in [0.3, 0.4) is 0 Å². The van der Waals surface area contributed by atoms with Crippen LogP contribution < -0.4 is 10.1 Å². The van der Waals surface area contributed by atoms with E-state index < -0.39 is 0 Å². The van der Waals surface area contributed by atoms with Crippen molar-refractivity contribution >= 4 is 23.3 Å². The van der Waals surface area contributed by atoms with Crippen LogP contribution in [0, 0.1) is 5.82 Å². The number of nitrogens with one attached hydrogen (secondary N) is 1. The van der Waals surface area contributed by atoms with Gasteiger partial charge in [0, 0.05) is 38.4 Å². The predicted octanol–water partition coefficient (Wildman–Crippen LogP) is 3.84. The number of anilines is 1. The molecule has 7 heteroatoms. The van der Waals surface area contributed by atoms with Crippen LogP contribution in [0.25, 0.3) is 0 Å². The Labute approximate surface area is 157 Å². The highest BCUT2D eigenvalue weighted by Gasteiger charge is 2.21. The number of rotatable bonds is 4. The minimum absolute atomic E-state index is 0.146. The second-order valence-corrected chi connectivity index (χ2v) is 6.58. The molecule has 1 aliphatic heterocycles. The molecule has 2 aromatic carbocycles. The van der Waals surface area contributed by atoms with Gasteiger partial charge in [-0.25, -0.2) is 9.18 Å². The zero-order valence-electron chi connectivity index (χ0n) is 14.5. The number of methoxy groups -OCH3 is 1. The number of piperazine rings is 1. The minimum atomic E-state index is -0.228. The van der Waals surface area contributed by atoms with E-state index in [1.54, 1.807) is 42.3 Å². The predicted molar refractivity (Wildman–Crippen MR) is 100 cm³/mol. The summed E-state index contributed by atoms with van der Waals surface area (Å²) in [5.41, 5.74) is 1.70. The molecule has 1 fully saturated rings. The van der Waals surface area contributed by atoms with E-state index in [2.05, 4.69) is 10.2 Å². The van der Waals surface area contributed by atoms with Crippen LogP contribution in [0.1, 0.15) is 5.56 Å². The van der Waals surface area contributed by atoms with Crippen molar-refractivity contribution in [2.75, 3.05) is 38.6 Å². The fourth-order valence-electron chi connectivity index (χ4n) is 2.90. The molecule has 0 unspecified atom stereocenters. The van der Waals surface area contributed by atoms with E-state index >= 15 is 0 Å². The molecule has 2 amide bonds. The lowest BCUT2D eigenvalue weighted by molar-refractivity contribution is 0.143. The zero-order valence-corrected chi connectivity index (χ0v) is 15.3. The van der Waals surface area contributed by atoms with Gasteiger partial charge < -0.3 is 15.0 Å². The van der Waals surface area contributed by atoms with Crippen molar-refractivity contribution in [3.05, 3.63) is 58.9 Å². The molecule has 0 spiro atoms. The molecule has 0 radical (unpaired) electrons. The third kappa shape index (κ3) is 4.65. The molecule has 3 rings (SSSR count). The lowest BCUT2D eigenvalue weighted by Gasteiger charge is -2.34. The average Bonchev–Trinajstić information content (AvgIpc) is 2.64. The summed E-state index contributed by atoms with van der Waals surface area (Å²) >= 11 is 6.08. The molecule has 138 valence electrons. The molecule has 1 saturated heterocycles. The van der Waals surface area contributed by atoms with Crippen molar-refractivity contribution in [1.29, 1.82) is 0 Å². The van der Waals surface area contributed by atoms with E-state index in [0.29, 0.717) is 29.5 Å². The maximum Gasteiger partial charge on any atom is 0.321 e. The van der Waals surface area contributed by atoms with Gasteiger partial charge in [0.15, 0.2) is 0 Å². The van der Waals surface area contributed by atoms with E-state index in [1.165, 1.54) is 12.1 Å². The van der Waals surface area contributed by atoms with Crippen molar-refractivity contribution in [2.45, 2.75) is 6.54 Å². The number of benzene rings is 2. The maximum atomic E-state index is 13.0. The van der Waals surface area contributed by atoms with Gasteiger partial charge in [-0.15, -0.1) is 0 Å².